The van der Waals surface area contributed by atoms with Crippen LogP contribution in [0.3, 0.4) is 0 Å². The molecule has 5 nitrogen and oxygen atoms in total. The summed E-state index contributed by atoms with van der Waals surface area (Å²) < 4.78 is 5.58. The number of benzene rings is 2. The first-order valence-corrected chi connectivity index (χ1v) is 11.2. The van der Waals surface area contributed by atoms with Crippen LogP contribution in [0, 0.1) is 0 Å². The summed E-state index contributed by atoms with van der Waals surface area (Å²) in [5, 5.41) is 6.83. The molecule has 0 saturated carbocycles. The quantitative estimate of drug-likeness (QED) is 0.278. The van der Waals surface area contributed by atoms with Crippen molar-refractivity contribution in [2.24, 2.45) is 4.99 Å². The fourth-order valence-corrected chi connectivity index (χ4v) is 3.81. The minimum atomic E-state index is 0. The minimum Gasteiger partial charge on any atom is -0.377 e. The zero-order chi connectivity index (χ0) is 21.0. The van der Waals surface area contributed by atoms with Gasteiger partial charge in [-0.2, -0.15) is 0 Å². The van der Waals surface area contributed by atoms with Crippen LogP contribution in [0.4, 0.5) is 0 Å². The van der Waals surface area contributed by atoms with Crippen molar-refractivity contribution in [3.05, 3.63) is 70.8 Å². The van der Waals surface area contributed by atoms with Crippen LogP contribution in [-0.4, -0.2) is 37.6 Å². The highest BCUT2D eigenvalue weighted by molar-refractivity contribution is 14.0. The number of aliphatic imine (C=N–C) groups is 1. The summed E-state index contributed by atoms with van der Waals surface area (Å²) >= 11 is 0. The van der Waals surface area contributed by atoms with E-state index < -0.39 is 0 Å². The molecule has 0 spiro atoms. The Morgan fingerprint density at radius 2 is 1.55 bits per heavy atom. The minimum absolute atomic E-state index is 0. The molecule has 0 atom stereocenters. The average Bonchev–Trinajstić information content (AvgIpc) is 2.80. The molecule has 1 aliphatic rings. The number of guanidine groups is 1. The largest absolute Gasteiger partial charge is 0.377 e. The molecule has 2 N–H and O–H groups in total. The maximum Gasteiger partial charge on any atom is 0.191 e. The molecular weight excluding hydrogens is 499 g/mol. The lowest BCUT2D eigenvalue weighted by Gasteiger charge is -2.26. The highest BCUT2D eigenvalue weighted by Crippen LogP contribution is 2.14. The summed E-state index contributed by atoms with van der Waals surface area (Å²) in [7, 11) is 1.81. The van der Waals surface area contributed by atoms with Crippen LogP contribution in [-0.2, 0) is 31.0 Å². The maximum absolute atomic E-state index is 5.58. The first-order valence-electron chi connectivity index (χ1n) is 11.2. The molecule has 170 valence electrons. The van der Waals surface area contributed by atoms with Crippen LogP contribution in [0.1, 0.15) is 48.4 Å². The third-order valence-electron chi connectivity index (χ3n) is 5.59. The lowest BCUT2D eigenvalue weighted by atomic mass is 10.1. The third kappa shape index (κ3) is 8.79. The van der Waals surface area contributed by atoms with E-state index in [-0.39, 0.29) is 24.0 Å². The molecule has 1 aliphatic heterocycles. The summed E-state index contributed by atoms with van der Waals surface area (Å²) in [5.74, 6) is 0.804. The van der Waals surface area contributed by atoms with Crippen molar-refractivity contribution in [3.8, 4) is 0 Å². The van der Waals surface area contributed by atoms with Crippen LogP contribution in [0.15, 0.2) is 53.5 Å². The number of likely N-dealkylation sites (tertiary alicyclic amines) is 1. The Morgan fingerprint density at radius 1 is 0.903 bits per heavy atom. The van der Waals surface area contributed by atoms with Crippen molar-refractivity contribution in [2.75, 3.05) is 26.7 Å². The van der Waals surface area contributed by atoms with Gasteiger partial charge < -0.3 is 15.4 Å². The van der Waals surface area contributed by atoms with E-state index in [2.05, 4.69) is 69.1 Å². The smallest absolute Gasteiger partial charge is 0.191 e. The standard InChI is InChI=1S/C25H36N4O.HI/c1-3-30-20-24-10-6-5-9-23(24)18-28-25(26-2)27-17-21-11-13-22(14-12-21)19-29-15-7-4-8-16-29;/h5-6,9-14H,3-4,7-8,15-20H2,1-2H3,(H2,26,27,28);1H. The number of nitrogens with zero attached hydrogens (tertiary/aromatic N) is 2. The van der Waals surface area contributed by atoms with Crippen molar-refractivity contribution in [1.29, 1.82) is 0 Å². The molecule has 0 radical (unpaired) electrons. The Kier molecular flexibility index (Phi) is 11.9. The SMILES string of the molecule is CCOCc1ccccc1CNC(=NC)NCc1ccc(CN2CCCCC2)cc1.I. The lowest BCUT2D eigenvalue weighted by Crippen LogP contribution is -2.36. The predicted molar refractivity (Wildman–Crippen MR) is 140 cm³/mol. The molecule has 1 heterocycles. The first-order chi connectivity index (χ1) is 14.8. The van der Waals surface area contributed by atoms with Crippen LogP contribution in [0.2, 0.25) is 0 Å². The van der Waals surface area contributed by atoms with Gasteiger partial charge in [-0.3, -0.25) is 9.89 Å². The van der Waals surface area contributed by atoms with Crippen molar-refractivity contribution in [2.45, 2.75) is 52.4 Å². The Bertz CT molecular complexity index is 788. The highest BCUT2D eigenvalue weighted by Gasteiger charge is 2.10. The normalized spacial score (nSPS) is 14.7. The number of hydrogen-bond donors (Lipinski definition) is 2. The average molecular weight is 537 g/mol. The number of halogens is 1. The van der Waals surface area contributed by atoms with E-state index in [1.54, 1.807) is 0 Å². The van der Waals surface area contributed by atoms with Gasteiger partial charge in [0.15, 0.2) is 5.96 Å². The van der Waals surface area contributed by atoms with Crippen molar-refractivity contribution in [1.82, 2.24) is 15.5 Å². The maximum atomic E-state index is 5.58. The molecule has 2 aromatic rings. The van der Waals surface area contributed by atoms with E-state index >= 15 is 0 Å². The van der Waals surface area contributed by atoms with Crippen molar-refractivity contribution >= 4 is 29.9 Å². The van der Waals surface area contributed by atoms with E-state index in [4.69, 9.17) is 4.74 Å². The first kappa shape index (κ1) is 25.6. The zero-order valence-electron chi connectivity index (χ0n) is 18.9. The third-order valence-corrected chi connectivity index (χ3v) is 5.59. The number of piperidine rings is 1. The van der Waals surface area contributed by atoms with Crippen molar-refractivity contribution < 1.29 is 4.74 Å². The van der Waals surface area contributed by atoms with Crippen LogP contribution in [0.25, 0.3) is 0 Å². The molecule has 1 fully saturated rings. The Labute approximate surface area is 204 Å². The van der Waals surface area contributed by atoms with Gasteiger partial charge in [0, 0.05) is 33.3 Å². The van der Waals surface area contributed by atoms with Gasteiger partial charge in [-0.05, 0) is 55.1 Å². The monoisotopic (exact) mass is 536 g/mol. The fraction of sp³-hybridized carbons (Fsp3) is 0.480. The molecule has 0 aliphatic carbocycles. The molecule has 0 unspecified atom stereocenters. The van der Waals surface area contributed by atoms with E-state index in [9.17, 15) is 0 Å². The highest BCUT2D eigenvalue weighted by atomic mass is 127. The number of nitrogens with one attached hydrogen (secondary N) is 2. The molecule has 6 heteroatoms. The summed E-state index contributed by atoms with van der Waals surface area (Å²) in [6, 6.07) is 17.3. The van der Waals surface area contributed by atoms with Gasteiger partial charge in [0.05, 0.1) is 6.61 Å². The van der Waals surface area contributed by atoms with Gasteiger partial charge in [-0.1, -0.05) is 55.0 Å². The van der Waals surface area contributed by atoms with Gasteiger partial charge in [0.2, 0.25) is 0 Å². The molecule has 3 rings (SSSR count). The van der Waals surface area contributed by atoms with E-state index in [1.165, 1.54) is 54.6 Å². The fourth-order valence-electron chi connectivity index (χ4n) is 3.81. The molecule has 0 bridgehead atoms. The molecule has 2 aromatic carbocycles. The van der Waals surface area contributed by atoms with Gasteiger partial charge >= 0.3 is 0 Å². The molecule has 1 saturated heterocycles. The number of rotatable bonds is 9. The lowest BCUT2D eigenvalue weighted by molar-refractivity contribution is 0.133. The molecule has 0 amide bonds. The van der Waals surface area contributed by atoms with Crippen LogP contribution in [0.5, 0.6) is 0 Å². The summed E-state index contributed by atoms with van der Waals surface area (Å²) in [4.78, 5) is 6.92. The number of ether oxygens (including phenoxy) is 1. The van der Waals surface area contributed by atoms with Gasteiger partial charge in [0.25, 0.3) is 0 Å². The van der Waals surface area contributed by atoms with E-state index in [0.717, 1.165) is 32.2 Å². The Balaban J connectivity index is 0.00000341. The van der Waals surface area contributed by atoms with Crippen molar-refractivity contribution in [3.63, 3.8) is 0 Å². The zero-order valence-corrected chi connectivity index (χ0v) is 21.2. The second-order valence-electron chi connectivity index (χ2n) is 7.84. The van der Waals surface area contributed by atoms with Gasteiger partial charge in [-0.25, -0.2) is 0 Å². The molecular formula is C25H37IN4O. The Morgan fingerprint density at radius 3 is 2.23 bits per heavy atom. The molecule has 0 aromatic heterocycles. The summed E-state index contributed by atoms with van der Waals surface area (Å²) in [6.07, 6.45) is 4.06. The number of hydrogen-bond acceptors (Lipinski definition) is 3. The second-order valence-corrected chi connectivity index (χ2v) is 7.84. The second kappa shape index (κ2) is 14.4. The van der Waals surface area contributed by atoms with Gasteiger partial charge in [-0.15, -0.1) is 24.0 Å². The summed E-state index contributed by atoms with van der Waals surface area (Å²) in [5.41, 5.74) is 5.11. The van der Waals surface area contributed by atoms with E-state index in [1.807, 2.05) is 14.0 Å². The van der Waals surface area contributed by atoms with E-state index in [0.29, 0.717) is 6.61 Å². The summed E-state index contributed by atoms with van der Waals surface area (Å²) in [6.45, 7) is 8.40. The van der Waals surface area contributed by atoms with Gasteiger partial charge in [0.1, 0.15) is 0 Å². The topological polar surface area (TPSA) is 48.9 Å². The van der Waals surface area contributed by atoms with Crippen LogP contribution < -0.4 is 10.6 Å². The Hall–Kier alpha value is -1.64. The van der Waals surface area contributed by atoms with Crippen LogP contribution >= 0.6 is 24.0 Å². The predicted octanol–water partition coefficient (Wildman–Crippen LogP) is 4.69. The molecule has 31 heavy (non-hydrogen) atoms.